The minimum absolute atomic E-state index is 0.132. The third kappa shape index (κ3) is 3.43. The van der Waals surface area contributed by atoms with E-state index in [-0.39, 0.29) is 5.91 Å². The van der Waals surface area contributed by atoms with Crippen molar-refractivity contribution in [2.75, 3.05) is 26.2 Å². The Labute approximate surface area is 136 Å². The molecule has 2 aromatic rings. The number of benzene rings is 1. The minimum Gasteiger partial charge on any atom is -0.336 e. The van der Waals surface area contributed by atoms with Gasteiger partial charge in [-0.05, 0) is 18.2 Å². The maximum atomic E-state index is 13.2. The van der Waals surface area contributed by atoms with Crippen molar-refractivity contribution in [2.45, 2.75) is 6.54 Å². The molecule has 0 saturated carbocycles. The fourth-order valence-electron chi connectivity index (χ4n) is 2.42. The fraction of sp³-hybridized carbons (Fsp3) is 0.357. The van der Waals surface area contributed by atoms with Crippen LogP contribution in [-0.4, -0.2) is 51.5 Å². The van der Waals surface area contributed by atoms with Gasteiger partial charge in [-0.15, -0.1) is 5.10 Å². The van der Waals surface area contributed by atoms with Gasteiger partial charge in [0, 0.05) is 49.8 Å². The highest BCUT2D eigenvalue weighted by atomic mass is 35.5. The van der Waals surface area contributed by atoms with Gasteiger partial charge < -0.3 is 4.90 Å². The largest absolute Gasteiger partial charge is 0.336 e. The molecule has 1 aliphatic heterocycles. The van der Waals surface area contributed by atoms with E-state index in [0.717, 1.165) is 18.8 Å². The lowest BCUT2D eigenvalue weighted by molar-refractivity contribution is 0.0626. The van der Waals surface area contributed by atoms with Crippen LogP contribution in [0.2, 0.25) is 4.34 Å². The summed E-state index contributed by atoms with van der Waals surface area (Å²) in [6.45, 7) is 3.30. The van der Waals surface area contributed by atoms with E-state index in [9.17, 15) is 9.18 Å². The second-order valence-electron chi connectivity index (χ2n) is 5.07. The molecule has 0 atom stereocenters. The van der Waals surface area contributed by atoms with Gasteiger partial charge in [-0.1, -0.05) is 22.2 Å². The van der Waals surface area contributed by atoms with Gasteiger partial charge in [0.1, 0.15) is 15.8 Å². The molecule has 0 radical (unpaired) electrons. The van der Waals surface area contributed by atoms with Gasteiger partial charge in [-0.3, -0.25) is 9.69 Å². The Bertz CT molecular complexity index is 672. The van der Waals surface area contributed by atoms with Crippen LogP contribution in [0, 0.1) is 5.82 Å². The van der Waals surface area contributed by atoms with E-state index in [0.29, 0.717) is 29.5 Å². The molecule has 116 valence electrons. The summed E-state index contributed by atoms with van der Waals surface area (Å²) in [6.07, 6.45) is 0. The number of nitrogens with zero attached hydrogens (tertiary/aromatic N) is 4. The number of carbonyl (C=O) groups excluding carboxylic acids is 1. The molecular formula is C14H14ClFN4OS. The molecule has 22 heavy (non-hydrogen) atoms. The first-order valence-electron chi connectivity index (χ1n) is 6.87. The summed E-state index contributed by atoms with van der Waals surface area (Å²) in [5.74, 6) is -0.525. The summed E-state index contributed by atoms with van der Waals surface area (Å²) in [5, 5.41) is 3.99. The monoisotopic (exact) mass is 340 g/mol. The smallest absolute Gasteiger partial charge is 0.254 e. The number of halogens is 2. The quantitative estimate of drug-likeness (QED) is 0.860. The first kappa shape index (κ1) is 15.3. The van der Waals surface area contributed by atoms with Crippen LogP contribution in [0.4, 0.5) is 4.39 Å². The lowest BCUT2D eigenvalue weighted by atomic mass is 10.1. The summed E-state index contributed by atoms with van der Waals surface area (Å²) in [4.78, 5) is 16.2. The normalized spacial score (nSPS) is 16.0. The number of aromatic nitrogens is 2. The van der Waals surface area contributed by atoms with Gasteiger partial charge >= 0.3 is 0 Å². The van der Waals surface area contributed by atoms with Gasteiger partial charge in [0.15, 0.2) is 0 Å². The molecule has 1 saturated heterocycles. The minimum atomic E-state index is -0.393. The molecule has 0 bridgehead atoms. The maximum absolute atomic E-state index is 13.2. The number of rotatable bonds is 3. The number of hydrogen-bond donors (Lipinski definition) is 0. The molecule has 0 N–H and O–H groups in total. The highest BCUT2D eigenvalue weighted by Crippen LogP contribution is 2.19. The Kier molecular flexibility index (Phi) is 4.66. The fourth-order valence-corrected chi connectivity index (χ4v) is 3.03. The average Bonchev–Trinajstić information content (AvgIpc) is 2.92. The average molecular weight is 341 g/mol. The number of amides is 1. The van der Waals surface area contributed by atoms with Crippen molar-refractivity contribution < 1.29 is 9.18 Å². The number of piperazine rings is 1. The Balaban J connectivity index is 1.57. The van der Waals surface area contributed by atoms with Crippen molar-refractivity contribution in [1.82, 2.24) is 19.4 Å². The second kappa shape index (κ2) is 6.68. The topological polar surface area (TPSA) is 49.3 Å². The van der Waals surface area contributed by atoms with Crippen LogP contribution in [0.25, 0.3) is 0 Å². The van der Waals surface area contributed by atoms with E-state index < -0.39 is 5.82 Å². The van der Waals surface area contributed by atoms with Crippen LogP contribution in [0.15, 0.2) is 24.3 Å². The van der Waals surface area contributed by atoms with E-state index in [2.05, 4.69) is 14.5 Å². The standard InChI is InChI=1S/C14H14ClFN4OS/c15-13-12(17-18-22-13)9-19-4-6-20(7-5-19)14(21)10-2-1-3-11(16)8-10/h1-3,8H,4-7,9H2. The van der Waals surface area contributed by atoms with Crippen LogP contribution < -0.4 is 0 Å². The second-order valence-corrected chi connectivity index (χ2v) is 6.43. The third-order valence-electron chi connectivity index (χ3n) is 3.61. The van der Waals surface area contributed by atoms with E-state index in [1.54, 1.807) is 17.0 Å². The Morgan fingerprint density at radius 2 is 2.09 bits per heavy atom. The van der Waals surface area contributed by atoms with E-state index in [1.807, 2.05) is 0 Å². The molecule has 0 spiro atoms. The van der Waals surface area contributed by atoms with Gasteiger partial charge in [-0.25, -0.2) is 4.39 Å². The van der Waals surface area contributed by atoms with Crippen molar-refractivity contribution in [3.05, 3.63) is 45.7 Å². The van der Waals surface area contributed by atoms with E-state index in [1.165, 1.54) is 23.7 Å². The van der Waals surface area contributed by atoms with Crippen molar-refractivity contribution in [2.24, 2.45) is 0 Å². The first-order valence-corrected chi connectivity index (χ1v) is 8.02. The molecule has 8 heteroatoms. The first-order chi connectivity index (χ1) is 10.6. The molecule has 2 heterocycles. The predicted molar refractivity (Wildman–Crippen MR) is 82.5 cm³/mol. The molecule has 0 unspecified atom stereocenters. The van der Waals surface area contributed by atoms with Crippen LogP contribution in [0.3, 0.4) is 0 Å². The van der Waals surface area contributed by atoms with Crippen molar-refractivity contribution in [3.63, 3.8) is 0 Å². The molecule has 1 aromatic heterocycles. The summed E-state index contributed by atoms with van der Waals surface area (Å²) in [5.41, 5.74) is 1.16. The maximum Gasteiger partial charge on any atom is 0.254 e. The zero-order valence-electron chi connectivity index (χ0n) is 11.7. The van der Waals surface area contributed by atoms with Gasteiger partial charge in [0.05, 0.1) is 0 Å². The van der Waals surface area contributed by atoms with Crippen molar-refractivity contribution in [1.29, 1.82) is 0 Å². The summed E-state index contributed by atoms with van der Waals surface area (Å²) in [6, 6.07) is 5.80. The lowest BCUT2D eigenvalue weighted by Crippen LogP contribution is -2.48. The Morgan fingerprint density at radius 3 is 2.73 bits per heavy atom. The van der Waals surface area contributed by atoms with Crippen LogP contribution in [-0.2, 0) is 6.54 Å². The van der Waals surface area contributed by atoms with Gasteiger partial charge in [-0.2, -0.15) is 0 Å². The zero-order chi connectivity index (χ0) is 15.5. The van der Waals surface area contributed by atoms with E-state index >= 15 is 0 Å². The Hall–Kier alpha value is -1.57. The zero-order valence-corrected chi connectivity index (χ0v) is 13.3. The summed E-state index contributed by atoms with van der Waals surface area (Å²) in [7, 11) is 0. The van der Waals surface area contributed by atoms with E-state index in [4.69, 9.17) is 11.6 Å². The Morgan fingerprint density at radius 1 is 1.32 bits per heavy atom. The summed E-state index contributed by atoms with van der Waals surface area (Å²) < 4.78 is 17.6. The number of carbonyl (C=O) groups is 1. The molecule has 1 aliphatic rings. The molecule has 1 fully saturated rings. The third-order valence-corrected chi connectivity index (χ3v) is 4.60. The highest BCUT2D eigenvalue weighted by molar-refractivity contribution is 7.10. The van der Waals surface area contributed by atoms with Crippen molar-refractivity contribution in [3.8, 4) is 0 Å². The van der Waals surface area contributed by atoms with Crippen molar-refractivity contribution >= 4 is 29.0 Å². The van der Waals surface area contributed by atoms with Crippen LogP contribution in [0.5, 0.6) is 0 Å². The molecule has 1 aromatic carbocycles. The van der Waals surface area contributed by atoms with Gasteiger partial charge in [0.2, 0.25) is 0 Å². The number of hydrogen-bond acceptors (Lipinski definition) is 5. The molecule has 1 amide bonds. The van der Waals surface area contributed by atoms with Crippen LogP contribution in [0.1, 0.15) is 16.1 Å². The highest BCUT2D eigenvalue weighted by Gasteiger charge is 2.23. The predicted octanol–water partition coefficient (Wildman–Crippen LogP) is 2.29. The molecule has 3 rings (SSSR count). The SMILES string of the molecule is O=C(c1cccc(F)c1)N1CCN(Cc2nnsc2Cl)CC1. The molecule has 5 nitrogen and oxygen atoms in total. The summed E-state index contributed by atoms with van der Waals surface area (Å²) >= 11 is 7.17. The molecular weight excluding hydrogens is 327 g/mol. The van der Waals surface area contributed by atoms with Gasteiger partial charge in [0.25, 0.3) is 5.91 Å². The molecule has 0 aliphatic carbocycles. The van der Waals surface area contributed by atoms with Crippen LogP contribution >= 0.6 is 23.1 Å². The lowest BCUT2D eigenvalue weighted by Gasteiger charge is -2.34.